The molecule has 0 bridgehead atoms. The molecule has 0 saturated heterocycles. The van der Waals surface area contributed by atoms with Crippen LogP contribution in [0.5, 0.6) is 5.75 Å². The van der Waals surface area contributed by atoms with Crippen LogP contribution in [0.15, 0.2) is 18.2 Å². The van der Waals surface area contributed by atoms with Crippen molar-refractivity contribution in [2.45, 2.75) is 46.6 Å². The van der Waals surface area contributed by atoms with Crippen molar-refractivity contribution < 1.29 is 14.2 Å². The zero-order chi connectivity index (χ0) is 13.8. The van der Waals surface area contributed by atoms with Crippen molar-refractivity contribution in [1.82, 2.24) is 0 Å². The summed E-state index contributed by atoms with van der Waals surface area (Å²) in [5, 5.41) is 9.32. The fourth-order valence-electron chi connectivity index (χ4n) is 1.73. The Labute approximate surface area is 109 Å². The van der Waals surface area contributed by atoms with Crippen molar-refractivity contribution in [3.63, 3.8) is 0 Å². The molecule has 2 nitrogen and oxygen atoms in total. The van der Waals surface area contributed by atoms with Crippen molar-refractivity contribution in [1.29, 1.82) is 0 Å². The van der Waals surface area contributed by atoms with Crippen LogP contribution in [0, 0.1) is 11.2 Å². The van der Waals surface area contributed by atoms with Gasteiger partial charge in [-0.05, 0) is 37.3 Å². The van der Waals surface area contributed by atoms with Crippen LogP contribution in [-0.4, -0.2) is 11.7 Å². The second-order valence-electron chi connectivity index (χ2n) is 5.87. The minimum Gasteiger partial charge on any atom is -0.493 e. The van der Waals surface area contributed by atoms with E-state index < -0.39 is 11.9 Å². The third kappa shape index (κ3) is 5.05. The fraction of sp³-hybridized carbons (Fsp3) is 0.600. The van der Waals surface area contributed by atoms with Crippen molar-refractivity contribution in [3.05, 3.63) is 29.6 Å². The van der Waals surface area contributed by atoms with E-state index >= 15 is 0 Å². The molecule has 1 aromatic carbocycles. The molecule has 1 atom stereocenters. The Bertz CT molecular complexity index is 381. The highest BCUT2D eigenvalue weighted by atomic mass is 19.1. The lowest BCUT2D eigenvalue weighted by Gasteiger charge is -2.17. The maximum Gasteiger partial charge on any atom is 0.132 e. The van der Waals surface area contributed by atoms with E-state index in [-0.39, 0.29) is 0 Å². The highest BCUT2D eigenvalue weighted by Gasteiger charge is 2.11. The van der Waals surface area contributed by atoms with Crippen LogP contribution in [0.4, 0.5) is 4.39 Å². The van der Waals surface area contributed by atoms with Crippen LogP contribution < -0.4 is 4.74 Å². The molecule has 0 saturated carbocycles. The lowest BCUT2D eigenvalue weighted by molar-refractivity contribution is 0.193. The van der Waals surface area contributed by atoms with E-state index in [4.69, 9.17) is 4.74 Å². The van der Waals surface area contributed by atoms with Gasteiger partial charge >= 0.3 is 0 Å². The van der Waals surface area contributed by atoms with Crippen molar-refractivity contribution >= 4 is 0 Å². The summed E-state index contributed by atoms with van der Waals surface area (Å²) in [5.41, 5.74) is 0.599. The Hall–Kier alpha value is -1.09. The molecule has 0 unspecified atom stereocenters. The normalized spacial score (nSPS) is 13.4. The van der Waals surface area contributed by atoms with Gasteiger partial charge in [0.05, 0.1) is 12.7 Å². The molecule has 3 heteroatoms. The lowest BCUT2D eigenvalue weighted by atomic mass is 9.91. The molecule has 0 aliphatic heterocycles. The number of halogens is 1. The SMILES string of the molecule is C[C@@H](O)c1ccc(OCCCC(C)(C)C)cc1F. The Kier molecular flexibility index (Phi) is 5.15. The summed E-state index contributed by atoms with van der Waals surface area (Å²) in [7, 11) is 0. The summed E-state index contributed by atoms with van der Waals surface area (Å²) in [6.45, 7) is 8.69. The van der Waals surface area contributed by atoms with Gasteiger partial charge in [0.1, 0.15) is 11.6 Å². The summed E-state index contributed by atoms with van der Waals surface area (Å²) in [5.74, 6) is 0.101. The summed E-state index contributed by atoms with van der Waals surface area (Å²) < 4.78 is 19.1. The number of ether oxygens (including phenoxy) is 1. The van der Waals surface area contributed by atoms with Crippen molar-refractivity contribution in [3.8, 4) is 5.75 Å². The van der Waals surface area contributed by atoms with Gasteiger partial charge in [0.25, 0.3) is 0 Å². The number of benzene rings is 1. The molecular formula is C15H23FO2. The third-order valence-electron chi connectivity index (χ3n) is 2.76. The van der Waals surface area contributed by atoms with Crippen molar-refractivity contribution in [2.75, 3.05) is 6.61 Å². The molecule has 0 aromatic heterocycles. The predicted molar refractivity (Wildman–Crippen MR) is 71.2 cm³/mol. The Morgan fingerprint density at radius 3 is 2.50 bits per heavy atom. The number of hydrogen-bond acceptors (Lipinski definition) is 2. The topological polar surface area (TPSA) is 29.5 Å². The van der Waals surface area contributed by atoms with E-state index in [2.05, 4.69) is 20.8 Å². The van der Waals surface area contributed by atoms with Crippen LogP contribution in [0.2, 0.25) is 0 Å². The molecule has 1 aromatic rings. The number of aliphatic hydroxyl groups excluding tert-OH is 1. The zero-order valence-electron chi connectivity index (χ0n) is 11.7. The van der Waals surface area contributed by atoms with Crippen LogP contribution in [0.3, 0.4) is 0 Å². The first-order chi connectivity index (χ1) is 8.29. The molecule has 0 heterocycles. The van der Waals surface area contributed by atoms with Gasteiger partial charge in [0.15, 0.2) is 0 Å². The van der Waals surface area contributed by atoms with Gasteiger partial charge < -0.3 is 9.84 Å². The van der Waals surface area contributed by atoms with Crippen LogP contribution in [0.25, 0.3) is 0 Å². The van der Waals surface area contributed by atoms with E-state index in [1.165, 1.54) is 6.07 Å². The monoisotopic (exact) mass is 254 g/mol. The summed E-state index contributed by atoms with van der Waals surface area (Å²) in [4.78, 5) is 0. The third-order valence-corrected chi connectivity index (χ3v) is 2.76. The van der Waals surface area contributed by atoms with E-state index in [1.54, 1.807) is 19.1 Å². The maximum absolute atomic E-state index is 13.6. The first kappa shape index (κ1) is 15.0. The first-order valence-corrected chi connectivity index (χ1v) is 6.40. The molecule has 1 N–H and O–H groups in total. The molecule has 0 aliphatic rings. The molecule has 0 spiro atoms. The summed E-state index contributed by atoms with van der Waals surface area (Å²) in [6, 6.07) is 4.60. The van der Waals surface area contributed by atoms with E-state index in [1.807, 2.05) is 0 Å². The van der Waals surface area contributed by atoms with Gasteiger partial charge in [0, 0.05) is 11.6 Å². The number of rotatable bonds is 5. The first-order valence-electron chi connectivity index (χ1n) is 6.40. The van der Waals surface area contributed by atoms with E-state index in [0.717, 1.165) is 12.8 Å². The predicted octanol–water partition coefficient (Wildman–Crippen LogP) is 4.08. The van der Waals surface area contributed by atoms with Crippen LogP contribution in [0.1, 0.15) is 52.2 Å². The molecule has 0 aliphatic carbocycles. The molecule has 0 fully saturated rings. The average Bonchev–Trinajstić information content (AvgIpc) is 2.22. The Morgan fingerprint density at radius 1 is 1.33 bits per heavy atom. The minimum absolute atomic E-state index is 0.296. The van der Waals surface area contributed by atoms with Gasteiger partial charge in [-0.25, -0.2) is 4.39 Å². The molecule has 102 valence electrons. The molecule has 0 radical (unpaired) electrons. The van der Waals surface area contributed by atoms with Crippen molar-refractivity contribution in [2.24, 2.45) is 5.41 Å². The lowest BCUT2D eigenvalue weighted by Crippen LogP contribution is -2.08. The molecular weight excluding hydrogens is 231 g/mol. The van der Waals surface area contributed by atoms with Gasteiger partial charge in [-0.2, -0.15) is 0 Å². The minimum atomic E-state index is -0.792. The molecule has 18 heavy (non-hydrogen) atoms. The highest BCUT2D eigenvalue weighted by Crippen LogP contribution is 2.23. The smallest absolute Gasteiger partial charge is 0.132 e. The molecule has 0 amide bonds. The fourth-order valence-corrected chi connectivity index (χ4v) is 1.73. The largest absolute Gasteiger partial charge is 0.493 e. The van der Waals surface area contributed by atoms with Gasteiger partial charge in [-0.3, -0.25) is 0 Å². The Balaban J connectivity index is 2.47. The van der Waals surface area contributed by atoms with Gasteiger partial charge in [-0.1, -0.05) is 20.8 Å². The van der Waals surface area contributed by atoms with Gasteiger partial charge in [-0.15, -0.1) is 0 Å². The Morgan fingerprint density at radius 2 is 2.00 bits per heavy atom. The second-order valence-corrected chi connectivity index (χ2v) is 5.87. The standard InChI is InChI=1S/C15H23FO2/c1-11(17)13-7-6-12(10-14(13)16)18-9-5-8-15(2,3)4/h6-7,10-11,17H,5,8-9H2,1-4H3/t11-/m1/s1. The van der Waals surface area contributed by atoms with E-state index in [9.17, 15) is 9.50 Å². The van der Waals surface area contributed by atoms with Crippen LogP contribution in [-0.2, 0) is 0 Å². The van der Waals surface area contributed by atoms with Crippen LogP contribution >= 0.6 is 0 Å². The zero-order valence-corrected chi connectivity index (χ0v) is 11.7. The summed E-state index contributed by atoms with van der Waals surface area (Å²) >= 11 is 0. The highest BCUT2D eigenvalue weighted by molar-refractivity contribution is 5.29. The molecule has 1 rings (SSSR count). The maximum atomic E-state index is 13.6. The quantitative estimate of drug-likeness (QED) is 0.802. The van der Waals surface area contributed by atoms with Gasteiger partial charge in [0.2, 0.25) is 0 Å². The summed E-state index contributed by atoms with van der Waals surface area (Å²) in [6.07, 6.45) is 1.23. The van der Waals surface area contributed by atoms with E-state index in [0.29, 0.717) is 23.3 Å². The number of hydrogen-bond donors (Lipinski definition) is 1. The number of aliphatic hydroxyl groups is 1. The second kappa shape index (κ2) is 6.19. The average molecular weight is 254 g/mol.